The molecule has 2 rings (SSSR count). The van der Waals surface area contributed by atoms with Gasteiger partial charge < -0.3 is 15.4 Å². The SMILES string of the molecule is CC(C)Oc1ccccc1NC(=O)CCNCCc1cccc(Cl)c1. The van der Waals surface area contributed by atoms with Gasteiger partial charge in [-0.2, -0.15) is 0 Å². The Morgan fingerprint density at radius 3 is 2.68 bits per heavy atom. The van der Waals surface area contributed by atoms with Crippen molar-refractivity contribution in [2.24, 2.45) is 0 Å². The first-order valence-electron chi connectivity index (χ1n) is 8.55. The van der Waals surface area contributed by atoms with Gasteiger partial charge in [-0.1, -0.05) is 35.9 Å². The van der Waals surface area contributed by atoms with E-state index in [1.165, 1.54) is 5.56 Å². The molecule has 5 heteroatoms. The van der Waals surface area contributed by atoms with E-state index in [9.17, 15) is 4.79 Å². The molecule has 2 aromatic carbocycles. The molecule has 0 heterocycles. The molecule has 0 saturated heterocycles. The lowest BCUT2D eigenvalue weighted by atomic mass is 10.1. The highest BCUT2D eigenvalue weighted by atomic mass is 35.5. The van der Waals surface area contributed by atoms with Crippen molar-refractivity contribution >= 4 is 23.2 Å². The lowest BCUT2D eigenvalue weighted by molar-refractivity contribution is -0.116. The number of carbonyl (C=O) groups is 1. The molecular weight excluding hydrogens is 336 g/mol. The van der Waals surface area contributed by atoms with Crippen molar-refractivity contribution in [1.29, 1.82) is 0 Å². The molecule has 2 aromatic rings. The fraction of sp³-hybridized carbons (Fsp3) is 0.350. The highest BCUT2D eigenvalue weighted by Crippen LogP contribution is 2.24. The molecule has 0 spiro atoms. The molecule has 25 heavy (non-hydrogen) atoms. The second-order valence-electron chi connectivity index (χ2n) is 6.09. The smallest absolute Gasteiger partial charge is 0.225 e. The maximum absolute atomic E-state index is 12.1. The lowest BCUT2D eigenvalue weighted by Crippen LogP contribution is -2.24. The Hall–Kier alpha value is -2.04. The third-order valence-electron chi connectivity index (χ3n) is 3.53. The largest absolute Gasteiger partial charge is 0.489 e. The number of para-hydroxylation sites is 2. The van der Waals surface area contributed by atoms with Crippen LogP contribution in [0.2, 0.25) is 5.02 Å². The standard InChI is InChI=1S/C20H25ClN2O2/c1-15(2)25-19-9-4-3-8-18(19)23-20(24)11-13-22-12-10-16-6-5-7-17(21)14-16/h3-9,14-15,22H,10-13H2,1-2H3,(H,23,24). The minimum atomic E-state index is -0.0324. The van der Waals surface area contributed by atoms with Crippen LogP contribution in [-0.2, 0) is 11.2 Å². The van der Waals surface area contributed by atoms with E-state index in [1.807, 2.05) is 62.4 Å². The number of carbonyl (C=O) groups excluding carboxylic acids is 1. The van der Waals surface area contributed by atoms with Crippen molar-refractivity contribution in [3.8, 4) is 5.75 Å². The van der Waals surface area contributed by atoms with E-state index in [0.29, 0.717) is 24.4 Å². The molecule has 0 unspecified atom stereocenters. The zero-order valence-electron chi connectivity index (χ0n) is 14.7. The molecule has 0 aliphatic heterocycles. The van der Waals surface area contributed by atoms with E-state index in [4.69, 9.17) is 16.3 Å². The van der Waals surface area contributed by atoms with Crippen LogP contribution in [0.15, 0.2) is 48.5 Å². The van der Waals surface area contributed by atoms with E-state index in [1.54, 1.807) is 0 Å². The molecule has 0 aromatic heterocycles. The van der Waals surface area contributed by atoms with Gasteiger partial charge in [0.1, 0.15) is 5.75 Å². The highest BCUT2D eigenvalue weighted by Gasteiger charge is 2.08. The summed E-state index contributed by atoms with van der Waals surface area (Å²) in [4.78, 5) is 12.1. The first kappa shape index (κ1) is 19.3. The molecule has 0 aliphatic rings. The Morgan fingerprint density at radius 2 is 1.92 bits per heavy atom. The Labute approximate surface area is 154 Å². The van der Waals surface area contributed by atoms with E-state index in [0.717, 1.165) is 18.0 Å². The molecule has 0 saturated carbocycles. The van der Waals surface area contributed by atoms with E-state index in [-0.39, 0.29) is 12.0 Å². The van der Waals surface area contributed by atoms with Gasteiger partial charge in [0.15, 0.2) is 0 Å². The monoisotopic (exact) mass is 360 g/mol. The van der Waals surface area contributed by atoms with Crippen LogP contribution in [-0.4, -0.2) is 25.1 Å². The number of ether oxygens (including phenoxy) is 1. The second-order valence-corrected chi connectivity index (χ2v) is 6.53. The topological polar surface area (TPSA) is 50.4 Å². The van der Waals surface area contributed by atoms with Gasteiger partial charge in [-0.25, -0.2) is 0 Å². The second kappa shape index (κ2) is 10.1. The quantitative estimate of drug-likeness (QED) is 0.656. The van der Waals surface area contributed by atoms with Crippen LogP contribution in [0.1, 0.15) is 25.8 Å². The van der Waals surface area contributed by atoms with Crippen LogP contribution in [0.5, 0.6) is 5.75 Å². The number of anilines is 1. The van der Waals surface area contributed by atoms with Gasteiger partial charge in [0, 0.05) is 18.0 Å². The van der Waals surface area contributed by atoms with Gasteiger partial charge in [-0.3, -0.25) is 4.79 Å². The van der Waals surface area contributed by atoms with E-state index in [2.05, 4.69) is 10.6 Å². The van der Waals surface area contributed by atoms with E-state index >= 15 is 0 Å². The summed E-state index contributed by atoms with van der Waals surface area (Å²) in [5.41, 5.74) is 1.89. The van der Waals surface area contributed by atoms with Gasteiger partial charge in [0.2, 0.25) is 5.91 Å². The zero-order valence-corrected chi connectivity index (χ0v) is 15.5. The summed E-state index contributed by atoms with van der Waals surface area (Å²) < 4.78 is 5.71. The van der Waals surface area contributed by atoms with Gasteiger partial charge in [-0.15, -0.1) is 0 Å². The molecule has 4 nitrogen and oxygen atoms in total. The van der Waals surface area contributed by atoms with Crippen LogP contribution in [0, 0.1) is 0 Å². The number of rotatable bonds is 9. The molecular formula is C20H25ClN2O2. The van der Waals surface area contributed by atoms with Crippen LogP contribution in [0.25, 0.3) is 0 Å². The van der Waals surface area contributed by atoms with Crippen LogP contribution in [0.3, 0.4) is 0 Å². The Balaban J connectivity index is 1.71. The van der Waals surface area contributed by atoms with Crippen molar-refractivity contribution < 1.29 is 9.53 Å². The number of hydrogen-bond acceptors (Lipinski definition) is 3. The summed E-state index contributed by atoms with van der Waals surface area (Å²) in [6, 6.07) is 15.3. The molecule has 0 fully saturated rings. The number of hydrogen-bond donors (Lipinski definition) is 2. The normalized spacial score (nSPS) is 10.7. The first-order chi connectivity index (χ1) is 12.0. The Morgan fingerprint density at radius 1 is 1.12 bits per heavy atom. The van der Waals surface area contributed by atoms with Gasteiger partial charge >= 0.3 is 0 Å². The summed E-state index contributed by atoms with van der Waals surface area (Å²) in [5, 5.41) is 6.94. The van der Waals surface area contributed by atoms with Crippen molar-refractivity contribution in [3.63, 3.8) is 0 Å². The molecule has 2 N–H and O–H groups in total. The molecule has 0 aliphatic carbocycles. The fourth-order valence-corrected chi connectivity index (χ4v) is 2.60. The highest BCUT2D eigenvalue weighted by molar-refractivity contribution is 6.30. The average Bonchev–Trinajstić information content (AvgIpc) is 2.56. The molecule has 0 atom stereocenters. The van der Waals surface area contributed by atoms with Crippen LogP contribution >= 0.6 is 11.6 Å². The van der Waals surface area contributed by atoms with Crippen LogP contribution in [0.4, 0.5) is 5.69 Å². The predicted octanol–water partition coefficient (Wildman–Crippen LogP) is 4.29. The number of amides is 1. The lowest BCUT2D eigenvalue weighted by Gasteiger charge is -2.14. The third kappa shape index (κ3) is 7.16. The predicted molar refractivity (Wildman–Crippen MR) is 103 cm³/mol. The fourth-order valence-electron chi connectivity index (χ4n) is 2.39. The molecule has 0 bridgehead atoms. The minimum absolute atomic E-state index is 0.0324. The number of benzene rings is 2. The van der Waals surface area contributed by atoms with Crippen molar-refractivity contribution in [3.05, 3.63) is 59.1 Å². The summed E-state index contributed by atoms with van der Waals surface area (Å²) in [6.45, 7) is 5.35. The third-order valence-corrected chi connectivity index (χ3v) is 3.77. The van der Waals surface area contributed by atoms with Gasteiger partial charge in [-0.05, 0) is 56.6 Å². The maximum Gasteiger partial charge on any atom is 0.225 e. The molecule has 134 valence electrons. The van der Waals surface area contributed by atoms with Crippen LogP contribution < -0.4 is 15.4 Å². The Kier molecular flexibility index (Phi) is 7.76. The Bertz CT molecular complexity index is 689. The average molecular weight is 361 g/mol. The summed E-state index contributed by atoms with van der Waals surface area (Å²) >= 11 is 5.96. The maximum atomic E-state index is 12.1. The van der Waals surface area contributed by atoms with E-state index < -0.39 is 0 Å². The number of halogens is 1. The minimum Gasteiger partial charge on any atom is -0.489 e. The molecule has 1 amide bonds. The summed E-state index contributed by atoms with van der Waals surface area (Å²) in [7, 11) is 0. The summed E-state index contributed by atoms with van der Waals surface area (Å²) in [5.74, 6) is 0.662. The number of nitrogens with one attached hydrogen (secondary N) is 2. The van der Waals surface area contributed by atoms with Crippen molar-refractivity contribution in [1.82, 2.24) is 5.32 Å². The summed E-state index contributed by atoms with van der Waals surface area (Å²) in [6.07, 6.45) is 1.35. The van der Waals surface area contributed by atoms with Crippen molar-refractivity contribution in [2.75, 3.05) is 18.4 Å². The first-order valence-corrected chi connectivity index (χ1v) is 8.93. The van der Waals surface area contributed by atoms with Gasteiger partial charge in [0.05, 0.1) is 11.8 Å². The van der Waals surface area contributed by atoms with Gasteiger partial charge in [0.25, 0.3) is 0 Å². The zero-order chi connectivity index (χ0) is 18.1. The molecule has 0 radical (unpaired) electrons. The van der Waals surface area contributed by atoms with Crippen molar-refractivity contribution in [2.45, 2.75) is 32.8 Å².